The van der Waals surface area contributed by atoms with Crippen LogP contribution in [0.4, 0.5) is 9.52 Å². The monoisotopic (exact) mass is 480 g/mol. The fourth-order valence-electron chi connectivity index (χ4n) is 3.75. The molecule has 3 aromatic carbocycles. The lowest BCUT2D eigenvalue weighted by Crippen LogP contribution is -2.29. The number of carbonyl (C=O) groups is 2. The highest BCUT2D eigenvalue weighted by molar-refractivity contribution is 7.22. The molecule has 0 bridgehead atoms. The summed E-state index contributed by atoms with van der Waals surface area (Å²) in [5.41, 5.74) is 1.14. The van der Waals surface area contributed by atoms with E-state index in [0.29, 0.717) is 26.4 Å². The van der Waals surface area contributed by atoms with E-state index in [0.717, 1.165) is 11.3 Å². The number of hydrogen-bond donors (Lipinski definition) is 2. The zero-order valence-electron chi connectivity index (χ0n) is 16.7. The van der Waals surface area contributed by atoms with Gasteiger partial charge >= 0.3 is 5.91 Å². The van der Waals surface area contributed by atoms with Crippen LogP contribution in [0.15, 0.2) is 72.3 Å². The number of ketones is 1. The van der Waals surface area contributed by atoms with Crippen molar-refractivity contribution in [1.82, 2.24) is 4.98 Å². The second kappa shape index (κ2) is 7.99. The van der Waals surface area contributed by atoms with Gasteiger partial charge in [-0.25, -0.2) is 9.37 Å². The summed E-state index contributed by atoms with van der Waals surface area (Å²) < 4.78 is 14.2. The third kappa shape index (κ3) is 3.63. The minimum atomic E-state index is -1.01. The van der Waals surface area contributed by atoms with Gasteiger partial charge in [-0.1, -0.05) is 35.1 Å². The largest absolute Gasteiger partial charge is 0.508 e. The first kappa shape index (κ1) is 21.1. The Balaban J connectivity index is 1.73. The predicted octanol–water partition coefficient (Wildman–Crippen LogP) is 5.42. The molecule has 164 valence electrons. The SMILES string of the molecule is O=C1C(=O)N(c2nc3ccc(F)cc3s2)C(c2ccc(O)cc2)/C1=C(\O)c1ccc(Cl)cc1. The molecule has 9 heteroatoms. The van der Waals surface area contributed by atoms with Gasteiger partial charge in [-0.3, -0.25) is 14.5 Å². The Hall–Kier alpha value is -3.75. The van der Waals surface area contributed by atoms with Crippen LogP contribution in [-0.2, 0) is 9.59 Å². The summed E-state index contributed by atoms with van der Waals surface area (Å²) in [5.74, 6) is -2.56. The van der Waals surface area contributed by atoms with Gasteiger partial charge in [0.25, 0.3) is 5.78 Å². The van der Waals surface area contributed by atoms with Crippen molar-refractivity contribution in [2.24, 2.45) is 0 Å². The smallest absolute Gasteiger partial charge is 0.301 e. The van der Waals surface area contributed by atoms with E-state index < -0.39 is 23.5 Å². The van der Waals surface area contributed by atoms with Gasteiger partial charge in [-0.15, -0.1) is 0 Å². The van der Waals surface area contributed by atoms with Crippen LogP contribution in [0.5, 0.6) is 5.75 Å². The molecule has 1 saturated heterocycles. The van der Waals surface area contributed by atoms with Crippen molar-refractivity contribution in [2.75, 3.05) is 4.90 Å². The summed E-state index contributed by atoms with van der Waals surface area (Å²) in [6, 6.07) is 15.2. The first-order valence-electron chi connectivity index (χ1n) is 9.75. The van der Waals surface area contributed by atoms with Gasteiger partial charge in [-0.2, -0.15) is 0 Å². The molecule has 0 spiro atoms. The van der Waals surface area contributed by atoms with E-state index in [-0.39, 0.29) is 22.2 Å². The number of aromatic hydroxyl groups is 1. The van der Waals surface area contributed by atoms with Crippen LogP contribution >= 0.6 is 22.9 Å². The lowest BCUT2D eigenvalue weighted by molar-refractivity contribution is -0.132. The van der Waals surface area contributed by atoms with Gasteiger partial charge in [-0.05, 0) is 60.2 Å². The third-order valence-corrected chi connectivity index (χ3v) is 6.59. The molecule has 1 amide bonds. The van der Waals surface area contributed by atoms with Gasteiger partial charge in [0, 0.05) is 10.6 Å². The van der Waals surface area contributed by atoms with E-state index in [4.69, 9.17) is 11.6 Å². The molecule has 4 aromatic rings. The number of benzene rings is 3. The van der Waals surface area contributed by atoms with Crippen molar-refractivity contribution in [3.05, 3.63) is 94.3 Å². The number of hydrogen-bond acceptors (Lipinski definition) is 6. The van der Waals surface area contributed by atoms with Crippen LogP contribution in [0.2, 0.25) is 5.02 Å². The van der Waals surface area contributed by atoms with Gasteiger partial charge in [0.05, 0.1) is 21.8 Å². The first-order chi connectivity index (χ1) is 15.8. The standard InChI is InChI=1S/C24H14ClFN2O4S/c25-14-5-1-13(2-6-14)21(30)19-20(12-3-8-16(29)9-4-12)28(23(32)22(19)31)24-27-17-10-7-15(26)11-18(17)33-24/h1-11,20,29-30H/b21-19+. The van der Waals surface area contributed by atoms with Crippen LogP contribution in [-0.4, -0.2) is 26.9 Å². The number of amides is 1. The zero-order chi connectivity index (χ0) is 23.3. The highest BCUT2D eigenvalue weighted by Crippen LogP contribution is 2.44. The molecule has 2 N–H and O–H groups in total. The average molecular weight is 481 g/mol. The van der Waals surface area contributed by atoms with E-state index in [1.807, 2.05) is 0 Å². The minimum Gasteiger partial charge on any atom is -0.508 e. The zero-order valence-corrected chi connectivity index (χ0v) is 18.3. The number of rotatable bonds is 3. The summed E-state index contributed by atoms with van der Waals surface area (Å²) in [6.45, 7) is 0. The molecule has 1 fully saturated rings. The highest BCUT2D eigenvalue weighted by atomic mass is 35.5. The molecular formula is C24H14ClFN2O4S. The summed E-state index contributed by atoms with van der Waals surface area (Å²) in [7, 11) is 0. The Morgan fingerprint density at radius 3 is 2.42 bits per heavy atom. The number of nitrogens with zero attached hydrogens (tertiary/aromatic N) is 2. The maximum absolute atomic E-state index is 13.7. The molecule has 1 atom stereocenters. The van der Waals surface area contributed by atoms with Crippen LogP contribution in [0.1, 0.15) is 17.2 Å². The Bertz CT molecular complexity index is 1450. The molecule has 0 aliphatic carbocycles. The molecule has 1 aliphatic rings. The van der Waals surface area contributed by atoms with Crippen molar-refractivity contribution in [1.29, 1.82) is 0 Å². The quantitative estimate of drug-likeness (QED) is 0.232. The molecule has 33 heavy (non-hydrogen) atoms. The van der Waals surface area contributed by atoms with Gasteiger partial charge in [0.2, 0.25) is 0 Å². The number of thiazole rings is 1. The number of phenols is 1. The Morgan fingerprint density at radius 1 is 1.03 bits per heavy atom. The molecule has 1 aromatic heterocycles. The number of carbonyl (C=O) groups excluding carboxylic acids is 2. The number of Topliss-reactive ketones (excluding diaryl/α,β-unsaturated/α-hetero) is 1. The Morgan fingerprint density at radius 2 is 1.73 bits per heavy atom. The lowest BCUT2D eigenvalue weighted by atomic mass is 9.95. The van der Waals surface area contributed by atoms with E-state index in [2.05, 4.69) is 4.98 Å². The molecule has 0 radical (unpaired) electrons. The van der Waals surface area contributed by atoms with Crippen LogP contribution < -0.4 is 4.90 Å². The highest BCUT2D eigenvalue weighted by Gasteiger charge is 2.48. The number of anilines is 1. The van der Waals surface area contributed by atoms with Crippen molar-refractivity contribution >= 4 is 55.7 Å². The molecule has 6 nitrogen and oxygen atoms in total. The summed E-state index contributed by atoms with van der Waals surface area (Å²) in [5, 5.41) is 21.4. The maximum Gasteiger partial charge on any atom is 0.301 e. The van der Waals surface area contributed by atoms with Gasteiger partial charge in [0.1, 0.15) is 17.3 Å². The number of aliphatic hydroxyl groups is 1. The Labute approximate surface area is 195 Å². The fourth-order valence-corrected chi connectivity index (χ4v) is 4.90. The minimum absolute atomic E-state index is 0.00358. The maximum atomic E-state index is 13.7. The Kier molecular flexibility index (Phi) is 5.11. The van der Waals surface area contributed by atoms with Crippen molar-refractivity contribution < 1.29 is 24.2 Å². The number of aliphatic hydroxyl groups excluding tert-OH is 1. The van der Waals surface area contributed by atoms with E-state index in [9.17, 15) is 24.2 Å². The topological polar surface area (TPSA) is 90.7 Å². The molecule has 1 aliphatic heterocycles. The predicted molar refractivity (Wildman–Crippen MR) is 124 cm³/mol. The van der Waals surface area contributed by atoms with Crippen LogP contribution in [0.25, 0.3) is 16.0 Å². The molecule has 2 heterocycles. The molecule has 5 rings (SSSR count). The third-order valence-electron chi connectivity index (χ3n) is 5.32. The number of phenolic OH excluding ortho intramolecular Hbond substituents is 1. The van der Waals surface area contributed by atoms with Gasteiger partial charge in [0.15, 0.2) is 5.13 Å². The second-order valence-electron chi connectivity index (χ2n) is 7.38. The number of fused-ring (bicyclic) bond motifs is 1. The molecule has 1 unspecified atom stereocenters. The first-order valence-corrected chi connectivity index (χ1v) is 10.9. The van der Waals surface area contributed by atoms with Crippen molar-refractivity contribution in [3.63, 3.8) is 0 Å². The number of aromatic nitrogens is 1. The van der Waals surface area contributed by atoms with Gasteiger partial charge < -0.3 is 10.2 Å². The van der Waals surface area contributed by atoms with Crippen molar-refractivity contribution in [2.45, 2.75) is 6.04 Å². The fraction of sp³-hybridized carbons (Fsp3) is 0.0417. The summed E-state index contributed by atoms with van der Waals surface area (Å²) >= 11 is 6.99. The van der Waals surface area contributed by atoms with E-state index >= 15 is 0 Å². The van der Waals surface area contributed by atoms with E-state index in [1.165, 1.54) is 35.2 Å². The second-order valence-corrected chi connectivity index (χ2v) is 8.82. The summed E-state index contributed by atoms with van der Waals surface area (Å²) in [4.78, 5) is 31.9. The van der Waals surface area contributed by atoms with Crippen LogP contribution in [0, 0.1) is 5.82 Å². The normalized spacial score (nSPS) is 17.8. The lowest BCUT2D eigenvalue weighted by Gasteiger charge is -2.23. The summed E-state index contributed by atoms with van der Waals surface area (Å²) in [6.07, 6.45) is 0. The van der Waals surface area contributed by atoms with E-state index in [1.54, 1.807) is 36.4 Å². The number of halogens is 2. The average Bonchev–Trinajstić information content (AvgIpc) is 3.32. The van der Waals surface area contributed by atoms with Crippen molar-refractivity contribution in [3.8, 4) is 5.75 Å². The molecular weight excluding hydrogens is 467 g/mol. The van der Waals surface area contributed by atoms with Crippen LogP contribution in [0.3, 0.4) is 0 Å². The molecule has 0 saturated carbocycles.